The molecule has 0 heterocycles. The van der Waals surface area contributed by atoms with E-state index in [9.17, 15) is 8.78 Å². The maximum atomic E-state index is 12.0. The van der Waals surface area contributed by atoms with Gasteiger partial charge in [-0.2, -0.15) is 8.78 Å². The minimum Gasteiger partial charge on any atom is -0.435 e. The van der Waals surface area contributed by atoms with Crippen molar-refractivity contribution in [2.45, 2.75) is 25.9 Å². The molecule has 0 amide bonds. The minimum atomic E-state index is -2.78. The van der Waals surface area contributed by atoms with Crippen molar-refractivity contribution in [2.24, 2.45) is 0 Å². The number of rotatable bonds is 5. The van der Waals surface area contributed by atoms with Gasteiger partial charge in [0.15, 0.2) is 0 Å². The van der Waals surface area contributed by atoms with E-state index in [1.807, 2.05) is 13.0 Å². The van der Waals surface area contributed by atoms with Crippen molar-refractivity contribution in [3.05, 3.63) is 29.8 Å². The van der Waals surface area contributed by atoms with Crippen LogP contribution in [0.2, 0.25) is 0 Å². The topological polar surface area (TPSA) is 9.23 Å². The number of thiocarbonyl (C=S) groups is 1. The lowest BCUT2D eigenvalue weighted by Gasteiger charge is -2.11. The molecule has 1 unspecified atom stereocenters. The summed E-state index contributed by atoms with van der Waals surface area (Å²) in [6.07, 6.45) is 0.744. The molecule has 0 bridgehead atoms. The molecule has 0 aliphatic rings. The highest BCUT2D eigenvalue weighted by molar-refractivity contribution is 7.78. The summed E-state index contributed by atoms with van der Waals surface area (Å²) < 4.78 is 28.2. The first-order valence-corrected chi connectivity index (χ1v) is 5.09. The molecule has 0 aromatic heterocycles. The summed E-state index contributed by atoms with van der Waals surface area (Å²) in [6, 6.07) is 6.71. The van der Waals surface area contributed by atoms with Crippen LogP contribution in [0, 0.1) is 0 Å². The molecule has 1 aromatic carbocycles. The standard InChI is InChI=1S/C11H12F2OS/c1-8(5-6-15)9-3-2-4-10(7-9)14-11(12)13/h2-4,6-8,11H,5H2,1H3. The largest absolute Gasteiger partial charge is 0.435 e. The molecule has 0 radical (unpaired) electrons. The third-order valence-corrected chi connectivity index (χ3v) is 2.29. The van der Waals surface area contributed by atoms with Crippen molar-refractivity contribution in [1.82, 2.24) is 0 Å². The first-order chi connectivity index (χ1) is 7.13. The molecule has 0 saturated carbocycles. The fraction of sp³-hybridized carbons (Fsp3) is 0.364. The van der Waals surface area contributed by atoms with Crippen LogP contribution in [-0.4, -0.2) is 12.0 Å². The first kappa shape index (κ1) is 12.0. The molecule has 0 saturated heterocycles. The number of alkyl halides is 2. The maximum Gasteiger partial charge on any atom is 0.387 e. The predicted octanol–water partition coefficient (Wildman–Crippen LogP) is 3.78. The van der Waals surface area contributed by atoms with Gasteiger partial charge in [0, 0.05) is 0 Å². The zero-order chi connectivity index (χ0) is 11.3. The summed E-state index contributed by atoms with van der Waals surface area (Å²) in [6.45, 7) is -0.786. The van der Waals surface area contributed by atoms with E-state index in [2.05, 4.69) is 4.74 Å². The van der Waals surface area contributed by atoms with Crippen LogP contribution >= 0.6 is 12.2 Å². The molecule has 0 N–H and O–H groups in total. The summed E-state index contributed by atoms with van der Waals surface area (Å²) in [7, 11) is 0. The number of benzene rings is 1. The van der Waals surface area contributed by atoms with Gasteiger partial charge in [0.25, 0.3) is 0 Å². The zero-order valence-corrected chi connectivity index (χ0v) is 9.14. The van der Waals surface area contributed by atoms with Crippen LogP contribution in [0.15, 0.2) is 24.3 Å². The van der Waals surface area contributed by atoms with Crippen LogP contribution in [0.5, 0.6) is 5.75 Å². The normalized spacial score (nSPS) is 12.5. The Hall–Kier alpha value is -1.03. The Bertz CT molecular complexity index is 328. The van der Waals surface area contributed by atoms with Crippen molar-refractivity contribution in [1.29, 1.82) is 0 Å². The second-order valence-electron chi connectivity index (χ2n) is 3.25. The van der Waals surface area contributed by atoms with E-state index >= 15 is 0 Å². The fourth-order valence-corrected chi connectivity index (χ4v) is 1.57. The molecule has 1 nitrogen and oxygen atoms in total. The fourth-order valence-electron chi connectivity index (χ4n) is 1.28. The third-order valence-electron chi connectivity index (χ3n) is 2.10. The van der Waals surface area contributed by atoms with E-state index < -0.39 is 6.61 Å². The van der Waals surface area contributed by atoms with Crippen molar-refractivity contribution in [3.63, 3.8) is 0 Å². The van der Waals surface area contributed by atoms with Gasteiger partial charge < -0.3 is 4.74 Å². The molecule has 0 aliphatic heterocycles. The lowest BCUT2D eigenvalue weighted by atomic mass is 9.99. The molecule has 15 heavy (non-hydrogen) atoms. The summed E-state index contributed by atoms with van der Waals surface area (Å²) >= 11 is 4.75. The molecule has 4 heteroatoms. The van der Waals surface area contributed by atoms with Crippen LogP contribution in [-0.2, 0) is 0 Å². The molecule has 1 aromatic rings. The van der Waals surface area contributed by atoms with E-state index in [-0.39, 0.29) is 11.7 Å². The van der Waals surface area contributed by atoms with Crippen molar-refractivity contribution in [3.8, 4) is 5.75 Å². The molecular formula is C11H12F2OS. The second-order valence-corrected chi connectivity index (χ2v) is 3.59. The number of ether oxygens (including phenoxy) is 1. The Morgan fingerprint density at radius 1 is 1.47 bits per heavy atom. The van der Waals surface area contributed by atoms with Crippen molar-refractivity contribution >= 4 is 17.6 Å². The van der Waals surface area contributed by atoms with Crippen LogP contribution in [0.1, 0.15) is 24.8 Å². The smallest absolute Gasteiger partial charge is 0.387 e. The quantitative estimate of drug-likeness (QED) is 0.712. The highest BCUT2D eigenvalue weighted by Crippen LogP contribution is 2.23. The lowest BCUT2D eigenvalue weighted by molar-refractivity contribution is -0.0498. The van der Waals surface area contributed by atoms with Gasteiger partial charge in [-0.15, -0.1) is 0 Å². The van der Waals surface area contributed by atoms with Gasteiger partial charge in [-0.1, -0.05) is 31.3 Å². The molecule has 82 valence electrons. The molecular weight excluding hydrogens is 218 g/mol. The second kappa shape index (κ2) is 5.75. The van der Waals surface area contributed by atoms with E-state index in [1.165, 1.54) is 6.07 Å². The highest BCUT2D eigenvalue weighted by Gasteiger charge is 2.07. The van der Waals surface area contributed by atoms with Crippen LogP contribution in [0.25, 0.3) is 0 Å². The number of halogens is 2. The van der Waals surface area contributed by atoms with E-state index in [0.717, 1.165) is 12.0 Å². The zero-order valence-electron chi connectivity index (χ0n) is 8.32. The van der Waals surface area contributed by atoms with Gasteiger partial charge in [-0.25, -0.2) is 0 Å². The summed E-state index contributed by atoms with van der Waals surface area (Å²) in [5.41, 5.74) is 0.953. The third kappa shape index (κ3) is 3.91. The van der Waals surface area contributed by atoms with E-state index in [0.29, 0.717) is 0 Å². The van der Waals surface area contributed by atoms with E-state index in [1.54, 1.807) is 17.5 Å². The Balaban J connectivity index is 2.77. The predicted molar refractivity (Wildman–Crippen MR) is 59.8 cm³/mol. The van der Waals surface area contributed by atoms with Crippen molar-refractivity contribution in [2.75, 3.05) is 0 Å². The van der Waals surface area contributed by atoms with Gasteiger partial charge in [-0.3, -0.25) is 0 Å². The van der Waals surface area contributed by atoms with Gasteiger partial charge in [0.1, 0.15) is 5.75 Å². The van der Waals surface area contributed by atoms with E-state index in [4.69, 9.17) is 12.2 Å². The summed E-state index contributed by atoms with van der Waals surface area (Å²) in [5, 5.41) is 1.64. The van der Waals surface area contributed by atoms with Crippen LogP contribution in [0.3, 0.4) is 0 Å². The molecule has 0 fully saturated rings. The minimum absolute atomic E-state index is 0.193. The lowest BCUT2D eigenvalue weighted by Crippen LogP contribution is -2.02. The summed E-state index contributed by atoms with van der Waals surface area (Å²) in [5.74, 6) is 0.419. The van der Waals surface area contributed by atoms with Crippen LogP contribution in [0.4, 0.5) is 8.78 Å². The highest BCUT2D eigenvalue weighted by atomic mass is 32.1. The Labute approximate surface area is 93.1 Å². The Morgan fingerprint density at radius 2 is 2.20 bits per heavy atom. The maximum absolute atomic E-state index is 12.0. The van der Waals surface area contributed by atoms with Gasteiger partial charge >= 0.3 is 6.61 Å². The average molecular weight is 230 g/mol. The number of hydrogen-bond acceptors (Lipinski definition) is 2. The molecule has 0 spiro atoms. The van der Waals surface area contributed by atoms with Crippen molar-refractivity contribution < 1.29 is 13.5 Å². The first-order valence-electron chi connectivity index (χ1n) is 4.62. The average Bonchev–Trinajstić information content (AvgIpc) is 2.17. The van der Waals surface area contributed by atoms with Crippen LogP contribution < -0.4 is 4.74 Å². The SMILES string of the molecule is CC(CC=S)c1cccc(OC(F)F)c1. The monoisotopic (exact) mass is 230 g/mol. The Morgan fingerprint density at radius 3 is 2.80 bits per heavy atom. The number of hydrogen-bond donors (Lipinski definition) is 0. The summed E-state index contributed by atoms with van der Waals surface area (Å²) in [4.78, 5) is 0. The van der Waals surface area contributed by atoms with Gasteiger partial charge in [0.2, 0.25) is 0 Å². The van der Waals surface area contributed by atoms with Gasteiger partial charge in [-0.05, 0) is 35.4 Å². The molecule has 1 rings (SSSR count). The Kier molecular flexibility index (Phi) is 4.62. The molecule has 1 atom stereocenters. The molecule has 0 aliphatic carbocycles. The van der Waals surface area contributed by atoms with Gasteiger partial charge in [0.05, 0.1) is 0 Å².